The van der Waals surface area contributed by atoms with Crippen molar-refractivity contribution in [2.24, 2.45) is 5.10 Å². The average Bonchev–Trinajstić information content (AvgIpc) is 3.15. The summed E-state index contributed by atoms with van der Waals surface area (Å²) in [5.41, 5.74) is 13.5. The minimum atomic E-state index is 0.745. The van der Waals surface area contributed by atoms with Gasteiger partial charge < -0.3 is 5.73 Å². The molecular weight excluding hydrogens is 340 g/mol. The zero-order valence-electron chi connectivity index (χ0n) is 14.3. The standard InChI is InChI=1S/C21H18N4S/c1-14(15-9-11-17(22)12-10-15)24-25-21-23-20(13-26-21)19-8-4-6-16-5-2-3-7-18(16)19/h2-13H,22H2,1H3,(H,23,25). The second-order valence-corrected chi connectivity index (χ2v) is 6.85. The van der Waals surface area contributed by atoms with Crippen LogP contribution in [-0.2, 0) is 0 Å². The molecule has 0 unspecified atom stereocenters. The van der Waals surface area contributed by atoms with Gasteiger partial charge in [-0.1, -0.05) is 54.6 Å². The van der Waals surface area contributed by atoms with Crippen molar-refractivity contribution in [3.8, 4) is 11.3 Å². The Hall–Kier alpha value is -3.18. The maximum atomic E-state index is 5.73. The number of nitrogen functional groups attached to an aromatic ring is 1. The van der Waals surface area contributed by atoms with Crippen molar-refractivity contribution in [3.63, 3.8) is 0 Å². The van der Waals surface area contributed by atoms with Crippen LogP contribution in [0.5, 0.6) is 0 Å². The fourth-order valence-electron chi connectivity index (χ4n) is 2.82. The summed E-state index contributed by atoms with van der Waals surface area (Å²) < 4.78 is 0. The molecule has 1 heterocycles. The normalized spacial score (nSPS) is 11.7. The molecule has 0 radical (unpaired) electrons. The van der Waals surface area contributed by atoms with E-state index in [2.05, 4.69) is 58.4 Å². The molecule has 4 aromatic rings. The van der Waals surface area contributed by atoms with Crippen molar-refractivity contribution < 1.29 is 0 Å². The molecule has 0 saturated heterocycles. The van der Waals surface area contributed by atoms with Crippen LogP contribution in [0.4, 0.5) is 10.8 Å². The van der Waals surface area contributed by atoms with Gasteiger partial charge >= 0.3 is 0 Å². The molecule has 0 amide bonds. The van der Waals surface area contributed by atoms with Gasteiger partial charge in [0.2, 0.25) is 5.13 Å². The topological polar surface area (TPSA) is 63.3 Å². The largest absolute Gasteiger partial charge is 0.399 e. The van der Waals surface area contributed by atoms with Crippen LogP contribution in [0.3, 0.4) is 0 Å². The molecule has 0 bridgehead atoms. The van der Waals surface area contributed by atoms with E-state index in [0.717, 1.165) is 33.4 Å². The molecule has 1 aromatic heterocycles. The van der Waals surface area contributed by atoms with Crippen LogP contribution in [0.15, 0.2) is 77.2 Å². The predicted octanol–water partition coefficient (Wildman–Crippen LogP) is 5.38. The SMILES string of the molecule is CC(=NNc1nc(-c2cccc3ccccc23)cs1)c1ccc(N)cc1. The summed E-state index contributed by atoms with van der Waals surface area (Å²) >= 11 is 1.54. The summed E-state index contributed by atoms with van der Waals surface area (Å²) in [6, 6.07) is 22.3. The molecule has 26 heavy (non-hydrogen) atoms. The van der Waals surface area contributed by atoms with Gasteiger partial charge in [-0.2, -0.15) is 5.10 Å². The minimum Gasteiger partial charge on any atom is -0.399 e. The van der Waals surface area contributed by atoms with Crippen molar-refractivity contribution in [3.05, 3.63) is 77.7 Å². The lowest BCUT2D eigenvalue weighted by Crippen LogP contribution is -1.99. The van der Waals surface area contributed by atoms with Gasteiger partial charge in [0.05, 0.1) is 11.4 Å². The Morgan fingerprint density at radius 3 is 2.62 bits per heavy atom. The summed E-state index contributed by atoms with van der Waals surface area (Å²) in [5.74, 6) is 0. The maximum Gasteiger partial charge on any atom is 0.203 e. The molecule has 5 heteroatoms. The second-order valence-electron chi connectivity index (χ2n) is 6.00. The summed E-state index contributed by atoms with van der Waals surface area (Å²) in [5, 5.41) is 9.67. The molecule has 0 aliphatic rings. The third-order valence-corrected chi connectivity index (χ3v) is 4.96. The van der Waals surface area contributed by atoms with Crippen LogP contribution in [0.2, 0.25) is 0 Å². The molecule has 4 rings (SSSR count). The first-order valence-corrected chi connectivity index (χ1v) is 9.18. The number of hydrazone groups is 1. The molecule has 0 atom stereocenters. The quantitative estimate of drug-likeness (QED) is 0.292. The van der Waals surface area contributed by atoms with Gasteiger partial charge in [0.1, 0.15) is 0 Å². The number of aromatic nitrogens is 1. The van der Waals surface area contributed by atoms with Gasteiger partial charge in [0.25, 0.3) is 0 Å². The number of nitrogens with two attached hydrogens (primary N) is 1. The second kappa shape index (κ2) is 6.98. The van der Waals surface area contributed by atoms with Crippen molar-refractivity contribution in [1.29, 1.82) is 0 Å². The number of rotatable bonds is 4. The van der Waals surface area contributed by atoms with Crippen molar-refractivity contribution >= 4 is 38.6 Å². The first-order valence-electron chi connectivity index (χ1n) is 8.30. The van der Waals surface area contributed by atoms with E-state index in [1.807, 2.05) is 31.2 Å². The first-order chi connectivity index (χ1) is 12.7. The fourth-order valence-corrected chi connectivity index (χ4v) is 3.47. The molecule has 0 fully saturated rings. The summed E-state index contributed by atoms with van der Waals surface area (Å²) in [6.07, 6.45) is 0. The molecule has 0 aliphatic carbocycles. The molecule has 128 valence electrons. The van der Waals surface area contributed by atoms with Crippen LogP contribution in [0, 0.1) is 0 Å². The van der Waals surface area contributed by atoms with Gasteiger partial charge in [0, 0.05) is 16.6 Å². The number of thiazole rings is 1. The number of hydrogen-bond acceptors (Lipinski definition) is 5. The zero-order valence-corrected chi connectivity index (χ0v) is 15.1. The highest BCUT2D eigenvalue weighted by molar-refractivity contribution is 7.14. The average molecular weight is 358 g/mol. The number of benzene rings is 3. The van der Waals surface area contributed by atoms with Crippen LogP contribution < -0.4 is 11.2 Å². The number of nitrogens with one attached hydrogen (secondary N) is 1. The smallest absolute Gasteiger partial charge is 0.203 e. The number of nitrogens with zero attached hydrogens (tertiary/aromatic N) is 2. The monoisotopic (exact) mass is 358 g/mol. The number of fused-ring (bicyclic) bond motifs is 1. The highest BCUT2D eigenvalue weighted by atomic mass is 32.1. The van der Waals surface area contributed by atoms with Gasteiger partial charge in [-0.05, 0) is 35.4 Å². The van der Waals surface area contributed by atoms with Gasteiger partial charge in [-0.3, -0.25) is 5.43 Å². The van der Waals surface area contributed by atoms with Crippen molar-refractivity contribution in [1.82, 2.24) is 4.98 Å². The highest BCUT2D eigenvalue weighted by Gasteiger charge is 2.08. The Bertz CT molecular complexity index is 1080. The Kier molecular flexibility index (Phi) is 4.37. The van der Waals surface area contributed by atoms with Crippen molar-refractivity contribution in [2.45, 2.75) is 6.92 Å². The van der Waals surface area contributed by atoms with E-state index in [0.29, 0.717) is 0 Å². The van der Waals surface area contributed by atoms with Crippen LogP contribution >= 0.6 is 11.3 Å². The Labute approximate surface area is 156 Å². The number of hydrogen-bond donors (Lipinski definition) is 2. The van der Waals surface area contributed by atoms with Crippen molar-refractivity contribution in [2.75, 3.05) is 11.2 Å². The third kappa shape index (κ3) is 3.30. The Balaban J connectivity index is 1.58. The van der Waals surface area contributed by atoms with E-state index in [-0.39, 0.29) is 0 Å². The molecule has 3 N–H and O–H groups in total. The van der Waals surface area contributed by atoms with Crippen LogP contribution in [0.1, 0.15) is 12.5 Å². The van der Waals surface area contributed by atoms with E-state index in [1.165, 1.54) is 10.8 Å². The fraction of sp³-hybridized carbons (Fsp3) is 0.0476. The van der Waals surface area contributed by atoms with E-state index in [4.69, 9.17) is 10.7 Å². The Morgan fingerprint density at radius 2 is 1.77 bits per heavy atom. The molecule has 3 aromatic carbocycles. The minimum absolute atomic E-state index is 0.745. The summed E-state index contributed by atoms with van der Waals surface area (Å²) in [7, 11) is 0. The molecular formula is C21H18N4S. The van der Waals surface area contributed by atoms with Gasteiger partial charge in [0.15, 0.2) is 0 Å². The maximum absolute atomic E-state index is 5.73. The van der Waals surface area contributed by atoms with Gasteiger partial charge in [-0.25, -0.2) is 4.98 Å². The predicted molar refractivity (Wildman–Crippen MR) is 112 cm³/mol. The van der Waals surface area contributed by atoms with Crippen LogP contribution in [-0.4, -0.2) is 10.7 Å². The molecule has 4 nitrogen and oxygen atoms in total. The van der Waals surface area contributed by atoms with Crippen LogP contribution in [0.25, 0.3) is 22.0 Å². The summed E-state index contributed by atoms with van der Waals surface area (Å²) in [6.45, 7) is 1.96. The number of anilines is 2. The third-order valence-electron chi connectivity index (χ3n) is 4.22. The van der Waals surface area contributed by atoms with E-state index >= 15 is 0 Å². The molecule has 0 aliphatic heterocycles. The van der Waals surface area contributed by atoms with E-state index in [1.54, 1.807) is 11.3 Å². The Morgan fingerprint density at radius 1 is 1.00 bits per heavy atom. The first kappa shape index (κ1) is 16.3. The lowest BCUT2D eigenvalue weighted by molar-refractivity contribution is 1.27. The highest BCUT2D eigenvalue weighted by Crippen LogP contribution is 2.30. The molecule has 0 saturated carbocycles. The lowest BCUT2D eigenvalue weighted by Gasteiger charge is -2.03. The zero-order chi connectivity index (χ0) is 17.9. The van der Waals surface area contributed by atoms with E-state index in [9.17, 15) is 0 Å². The lowest BCUT2D eigenvalue weighted by atomic mass is 10.0. The van der Waals surface area contributed by atoms with Gasteiger partial charge in [-0.15, -0.1) is 11.3 Å². The van der Waals surface area contributed by atoms with E-state index < -0.39 is 0 Å². The summed E-state index contributed by atoms with van der Waals surface area (Å²) in [4.78, 5) is 4.69. The molecule has 0 spiro atoms.